The van der Waals surface area contributed by atoms with Crippen LogP contribution in [0.3, 0.4) is 0 Å². The van der Waals surface area contributed by atoms with E-state index in [4.69, 9.17) is 4.74 Å². The average molecular weight is 238 g/mol. The maximum Gasteiger partial charge on any atom is 0.213 e. The van der Waals surface area contributed by atoms with Gasteiger partial charge in [0.05, 0.1) is 7.11 Å². The highest BCUT2D eigenvalue weighted by atomic mass is 32.2. The summed E-state index contributed by atoms with van der Waals surface area (Å²) in [4.78, 5) is 4.04. The van der Waals surface area contributed by atoms with Crippen LogP contribution in [0.4, 0.5) is 0 Å². The van der Waals surface area contributed by atoms with Crippen LogP contribution in [0.25, 0.3) is 0 Å². The number of nitrogens with one attached hydrogen (secondary N) is 1. The van der Waals surface area contributed by atoms with Gasteiger partial charge in [0, 0.05) is 46.8 Å². The summed E-state index contributed by atoms with van der Waals surface area (Å²) in [6, 6.07) is 4.04. The number of ether oxygens (including phenoxy) is 1. The smallest absolute Gasteiger partial charge is 0.213 e. The van der Waals surface area contributed by atoms with Gasteiger partial charge in [-0.3, -0.25) is 4.21 Å². The lowest BCUT2D eigenvalue weighted by molar-refractivity contribution is 0.397. The molecule has 2 heterocycles. The second-order valence-electron chi connectivity index (χ2n) is 3.57. The van der Waals surface area contributed by atoms with Gasteiger partial charge in [0.1, 0.15) is 0 Å². The predicted molar refractivity (Wildman–Crippen MR) is 63.6 cm³/mol. The van der Waals surface area contributed by atoms with Gasteiger partial charge < -0.3 is 10.1 Å². The SMILES string of the molecule is COc1cc(CNC2C=CS(=O)C2)ccn1. The molecule has 1 aliphatic heterocycles. The molecule has 1 aliphatic rings. The molecule has 0 saturated heterocycles. The van der Waals surface area contributed by atoms with Crippen molar-refractivity contribution in [3.63, 3.8) is 0 Å². The zero-order valence-electron chi connectivity index (χ0n) is 9.05. The Balaban J connectivity index is 1.89. The van der Waals surface area contributed by atoms with Gasteiger partial charge in [0.15, 0.2) is 0 Å². The van der Waals surface area contributed by atoms with Crippen LogP contribution >= 0.6 is 0 Å². The first kappa shape index (κ1) is 11.3. The fourth-order valence-electron chi connectivity index (χ4n) is 1.52. The number of pyridine rings is 1. The summed E-state index contributed by atoms with van der Waals surface area (Å²) >= 11 is 0. The van der Waals surface area contributed by atoms with E-state index < -0.39 is 10.8 Å². The molecule has 4 nitrogen and oxygen atoms in total. The molecule has 0 bridgehead atoms. The van der Waals surface area contributed by atoms with E-state index >= 15 is 0 Å². The second-order valence-corrected chi connectivity index (χ2v) is 4.94. The predicted octanol–water partition coefficient (Wildman–Crippen LogP) is 0.824. The third-order valence-electron chi connectivity index (χ3n) is 2.38. The lowest BCUT2D eigenvalue weighted by Crippen LogP contribution is -2.28. The molecule has 0 radical (unpaired) electrons. The van der Waals surface area contributed by atoms with Crippen molar-refractivity contribution >= 4 is 10.8 Å². The topological polar surface area (TPSA) is 51.2 Å². The van der Waals surface area contributed by atoms with Crippen LogP contribution in [0.15, 0.2) is 29.8 Å². The fraction of sp³-hybridized carbons (Fsp3) is 0.364. The van der Waals surface area contributed by atoms with Gasteiger partial charge in [-0.1, -0.05) is 6.08 Å². The van der Waals surface area contributed by atoms with E-state index in [2.05, 4.69) is 10.3 Å². The van der Waals surface area contributed by atoms with Crippen molar-refractivity contribution in [3.8, 4) is 5.88 Å². The highest BCUT2D eigenvalue weighted by Crippen LogP contribution is 2.09. The Morgan fingerprint density at radius 1 is 1.69 bits per heavy atom. The van der Waals surface area contributed by atoms with Crippen molar-refractivity contribution in [1.82, 2.24) is 10.3 Å². The lowest BCUT2D eigenvalue weighted by Gasteiger charge is -2.10. The van der Waals surface area contributed by atoms with Gasteiger partial charge in [-0.25, -0.2) is 4.98 Å². The highest BCUT2D eigenvalue weighted by Gasteiger charge is 2.13. The van der Waals surface area contributed by atoms with Crippen molar-refractivity contribution in [2.75, 3.05) is 12.9 Å². The molecule has 86 valence electrons. The van der Waals surface area contributed by atoms with Gasteiger partial charge in [-0.2, -0.15) is 0 Å². The number of rotatable bonds is 4. The van der Waals surface area contributed by atoms with Gasteiger partial charge in [-0.15, -0.1) is 0 Å². The van der Waals surface area contributed by atoms with Crippen LogP contribution in [-0.2, 0) is 17.3 Å². The zero-order valence-corrected chi connectivity index (χ0v) is 9.87. The van der Waals surface area contributed by atoms with E-state index in [0.29, 0.717) is 11.6 Å². The van der Waals surface area contributed by atoms with E-state index in [1.54, 1.807) is 18.7 Å². The van der Waals surface area contributed by atoms with E-state index in [-0.39, 0.29) is 6.04 Å². The third-order valence-corrected chi connectivity index (χ3v) is 3.53. The molecule has 2 atom stereocenters. The third kappa shape index (κ3) is 2.90. The van der Waals surface area contributed by atoms with Crippen molar-refractivity contribution in [2.24, 2.45) is 0 Å². The fourth-order valence-corrected chi connectivity index (χ4v) is 2.58. The largest absolute Gasteiger partial charge is 0.481 e. The monoisotopic (exact) mass is 238 g/mol. The minimum absolute atomic E-state index is 0.208. The molecule has 1 aromatic heterocycles. The molecular formula is C11H14N2O2S. The molecule has 0 aromatic carbocycles. The van der Waals surface area contributed by atoms with Crippen molar-refractivity contribution in [1.29, 1.82) is 0 Å². The molecule has 0 aliphatic carbocycles. The standard InChI is InChI=1S/C11H14N2O2S/c1-15-11-6-9(2-4-12-11)7-13-10-3-5-16(14)8-10/h2-6,10,13H,7-8H2,1H3. The van der Waals surface area contributed by atoms with E-state index in [1.807, 2.05) is 18.2 Å². The summed E-state index contributed by atoms with van der Waals surface area (Å²) in [6.07, 6.45) is 3.67. The Kier molecular flexibility index (Phi) is 3.69. The Labute approximate surface area is 97.2 Å². The maximum atomic E-state index is 11.1. The van der Waals surface area contributed by atoms with E-state index in [0.717, 1.165) is 12.1 Å². The zero-order chi connectivity index (χ0) is 11.4. The van der Waals surface area contributed by atoms with Crippen LogP contribution in [-0.4, -0.2) is 28.1 Å². The van der Waals surface area contributed by atoms with Gasteiger partial charge in [0.2, 0.25) is 5.88 Å². The van der Waals surface area contributed by atoms with Crippen molar-refractivity contribution in [2.45, 2.75) is 12.6 Å². The number of hydrogen-bond acceptors (Lipinski definition) is 4. The number of hydrogen-bond donors (Lipinski definition) is 1. The van der Waals surface area contributed by atoms with Crippen LogP contribution in [0.5, 0.6) is 5.88 Å². The molecule has 1 aromatic rings. The number of methoxy groups -OCH3 is 1. The summed E-state index contributed by atoms with van der Waals surface area (Å²) in [7, 11) is 0.803. The number of aromatic nitrogens is 1. The van der Waals surface area contributed by atoms with Crippen LogP contribution < -0.4 is 10.1 Å². The first-order valence-electron chi connectivity index (χ1n) is 5.06. The molecular weight excluding hydrogens is 224 g/mol. The Morgan fingerprint density at radius 2 is 2.56 bits per heavy atom. The van der Waals surface area contributed by atoms with Crippen LogP contribution in [0.1, 0.15) is 5.56 Å². The summed E-state index contributed by atoms with van der Waals surface area (Å²) < 4.78 is 16.2. The minimum atomic E-state index is -0.797. The van der Waals surface area contributed by atoms with Gasteiger partial charge in [-0.05, 0) is 11.6 Å². The molecule has 2 rings (SSSR count). The summed E-state index contributed by atoms with van der Waals surface area (Å²) in [5.74, 6) is 1.28. The first-order valence-corrected chi connectivity index (χ1v) is 6.44. The summed E-state index contributed by atoms with van der Waals surface area (Å²) in [5.41, 5.74) is 1.11. The summed E-state index contributed by atoms with van der Waals surface area (Å²) in [6.45, 7) is 0.727. The summed E-state index contributed by atoms with van der Waals surface area (Å²) in [5, 5.41) is 5.06. The average Bonchev–Trinajstić information content (AvgIpc) is 2.73. The molecule has 0 fully saturated rings. The highest BCUT2D eigenvalue weighted by molar-refractivity contribution is 7.88. The lowest BCUT2D eigenvalue weighted by atomic mass is 10.2. The van der Waals surface area contributed by atoms with Gasteiger partial charge in [0.25, 0.3) is 0 Å². The molecule has 16 heavy (non-hydrogen) atoms. The van der Waals surface area contributed by atoms with Crippen molar-refractivity contribution in [3.05, 3.63) is 35.4 Å². The Morgan fingerprint density at radius 3 is 3.25 bits per heavy atom. The molecule has 5 heteroatoms. The molecule has 0 saturated carbocycles. The normalized spacial score (nSPS) is 23.6. The molecule has 1 N–H and O–H groups in total. The Hall–Kier alpha value is -1.20. The van der Waals surface area contributed by atoms with Crippen LogP contribution in [0, 0.1) is 0 Å². The first-order chi connectivity index (χ1) is 7.78. The van der Waals surface area contributed by atoms with Crippen LogP contribution in [0.2, 0.25) is 0 Å². The van der Waals surface area contributed by atoms with Crippen molar-refractivity contribution < 1.29 is 8.95 Å². The molecule has 0 spiro atoms. The van der Waals surface area contributed by atoms with E-state index in [1.165, 1.54) is 0 Å². The Bertz CT molecular complexity index is 420. The molecule has 2 unspecified atom stereocenters. The molecule has 0 amide bonds. The minimum Gasteiger partial charge on any atom is -0.481 e. The van der Waals surface area contributed by atoms with E-state index in [9.17, 15) is 4.21 Å². The number of nitrogens with zero attached hydrogens (tertiary/aromatic N) is 1. The maximum absolute atomic E-state index is 11.1. The quantitative estimate of drug-likeness (QED) is 0.844. The van der Waals surface area contributed by atoms with Gasteiger partial charge >= 0.3 is 0 Å². The second kappa shape index (κ2) is 5.23.